The van der Waals surface area contributed by atoms with Crippen molar-refractivity contribution in [2.24, 2.45) is 0 Å². The average Bonchev–Trinajstić information content (AvgIpc) is 2.64. The Balaban J connectivity index is 1.64. The van der Waals surface area contributed by atoms with Crippen LogP contribution in [0.15, 0.2) is 54.6 Å². The van der Waals surface area contributed by atoms with Crippen molar-refractivity contribution >= 4 is 0 Å². The summed E-state index contributed by atoms with van der Waals surface area (Å²) in [4.78, 5) is 2.40. The van der Waals surface area contributed by atoms with Crippen LogP contribution in [0.5, 0.6) is 5.75 Å². The molecule has 1 heterocycles. The fourth-order valence-corrected chi connectivity index (χ4v) is 3.15. The minimum absolute atomic E-state index is 0.219. The number of nitrogens with zero attached hydrogens (tertiary/aromatic N) is 1. The molecular weight excluding hydrogens is 302 g/mol. The van der Waals surface area contributed by atoms with E-state index in [1.165, 1.54) is 5.56 Å². The lowest BCUT2D eigenvalue weighted by Gasteiger charge is -2.36. The maximum atomic E-state index is 10.5. The zero-order valence-corrected chi connectivity index (χ0v) is 14.1. The van der Waals surface area contributed by atoms with Gasteiger partial charge >= 0.3 is 0 Å². The van der Waals surface area contributed by atoms with Crippen molar-refractivity contribution in [3.05, 3.63) is 65.7 Å². The molecule has 2 atom stereocenters. The molecule has 4 nitrogen and oxygen atoms in total. The van der Waals surface area contributed by atoms with Gasteiger partial charge in [-0.25, -0.2) is 0 Å². The minimum atomic E-state index is -0.462. The molecule has 128 valence electrons. The first kappa shape index (κ1) is 17.0. The molecular formula is C20H25NO3. The van der Waals surface area contributed by atoms with E-state index in [2.05, 4.69) is 17.0 Å². The molecule has 1 aliphatic rings. The Bertz CT molecular complexity index is 615. The summed E-state index contributed by atoms with van der Waals surface area (Å²) in [5, 5.41) is 10.5. The van der Waals surface area contributed by atoms with Gasteiger partial charge in [-0.1, -0.05) is 42.5 Å². The topological polar surface area (TPSA) is 41.9 Å². The van der Waals surface area contributed by atoms with Crippen LogP contribution < -0.4 is 4.74 Å². The van der Waals surface area contributed by atoms with Crippen LogP contribution in [0.1, 0.15) is 23.7 Å². The molecule has 2 unspecified atom stereocenters. The Hall–Kier alpha value is -1.88. The number of aliphatic hydroxyl groups is 1. The number of hydrogen-bond acceptors (Lipinski definition) is 4. The molecule has 4 heteroatoms. The SMILES string of the molecule is COc1ccc(CN2CCOCC2CC(O)c2ccccc2)cc1. The van der Waals surface area contributed by atoms with Crippen molar-refractivity contribution in [1.82, 2.24) is 4.90 Å². The molecule has 0 saturated carbocycles. The highest BCUT2D eigenvalue weighted by molar-refractivity contribution is 5.27. The molecule has 24 heavy (non-hydrogen) atoms. The first-order chi connectivity index (χ1) is 11.8. The second-order valence-corrected chi connectivity index (χ2v) is 6.21. The summed E-state index contributed by atoms with van der Waals surface area (Å²) in [5.41, 5.74) is 2.21. The number of ether oxygens (including phenoxy) is 2. The van der Waals surface area contributed by atoms with E-state index in [0.717, 1.165) is 31.0 Å². The quantitative estimate of drug-likeness (QED) is 0.885. The highest BCUT2D eigenvalue weighted by Gasteiger charge is 2.26. The van der Waals surface area contributed by atoms with Crippen LogP contribution >= 0.6 is 0 Å². The standard InChI is InChI=1S/C20H25NO3/c1-23-19-9-7-16(8-10-19)14-21-11-12-24-15-18(21)13-20(22)17-5-3-2-4-6-17/h2-10,18,20,22H,11-15H2,1H3. The molecule has 0 amide bonds. The Morgan fingerprint density at radius 1 is 1.17 bits per heavy atom. The van der Waals surface area contributed by atoms with E-state index in [9.17, 15) is 5.11 Å². The smallest absolute Gasteiger partial charge is 0.118 e. The minimum Gasteiger partial charge on any atom is -0.497 e. The van der Waals surface area contributed by atoms with E-state index in [0.29, 0.717) is 13.0 Å². The number of methoxy groups -OCH3 is 1. The highest BCUT2D eigenvalue weighted by atomic mass is 16.5. The van der Waals surface area contributed by atoms with E-state index in [-0.39, 0.29) is 6.04 Å². The van der Waals surface area contributed by atoms with Gasteiger partial charge in [-0.05, 0) is 29.7 Å². The fraction of sp³-hybridized carbons (Fsp3) is 0.400. The maximum absolute atomic E-state index is 10.5. The third-order valence-corrected chi connectivity index (χ3v) is 4.57. The number of hydrogen-bond donors (Lipinski definition) is 1. The van der Waals surface area contributed by atoms with Gasteiger partial charge in [0.05, 0.1) is 26.4 Å². The molecule has 0 aromatic heterocycles. The third-order valence-electron chi connectivity index (χ3n) is 4.57. The zero-order chi connectivity index (χ0) is 16.8. The molecule has 0 aliphatic carbocycles. The predicted molar refractivity (Wildman–Crippen MR) is 94.0 cm³/mol. The molecule has 0 radical (unpaired) electrons. The zero-order valence-electron chi connectivity index (χ0n) is 14.1. The Labute approximate surface area is 143 Å². The van der Waals surface area contributed by atoms with Gasteiger partial charge in [0.1, 0.15) is 5.75 Å². The number of aliphatic hydroxyl groups excluding tert-OH is 1. The van der Waals surface area contributed by atoms with Crippen molar-refractivity contribution in [2.75, 3.05) is 26.9 Å². The second kappa shape index (κ2) is 8.29. The molecule has 2 aromatic rings. The van der Waals surface area contributed by atoms with Gasteiger partial charge in [0.15, 0.2) is 0 Å². The van der Waals surface area contributed by atoms with Crippen LogP contribution in [0.4, 0.5) is 0 Å². The van der Waals surface area contributed by atoms with Gasteiger partial charge in [0, 0.05) is 19.1 Å². The van der Waals surface area contributed by atoms with Crippen LogP contribution in [0.2, 0.25) is 0 Å². The first-order valence-electron chi connectivity index (χ1n) is 8.44. The summed E-state index contributed by atoms with van der Waals surface area (Å²) in [6.07, 6.45) is 0.219. The maximum Gasteiger partial charge on any atom is 0.118 e. The number of morpholine rings is 1. The molecule has 2 aromatic carbocycles. The number of benzene rings is 2. The van der Waals surface area contributed by atoms with Crippen LogP contribution in [0, 0.1) is 0 Å². The van der Waals surface area contributed by atoms with Crippen LogP contribution in [-0.2, 0) is 11.3 Å². The molecule has 1 N–H and O–H groups in total. The van der Waals surface area contributed by atoms with Gasteiger partial charge in [0.25, 0.3) is 0 Å². The summed E-state index contributed by atoms with van der Waals surface area (Å²) < 4.78 is 10.9. The fourth-order valence-electron chi connectivity index (χ4n) is 3.15. The van der Waals surface area contributed by atoms with Gasteiger partial charge in [-0.15, -0.1) is 0 Å². The molecule has 1 aliphatic heterocycles. The largest absolute Gasteiger partial charge is 0.497 e. The van der Waals surface area contributed by atoms with Gasteiger partial charge in [-0.3, -0.25) is 4.90 Å². The normalized spacial score (nSPS) is 19.8. The average molecular weight is 327 g/mol. The second-order valence-electron chi connectivity index (χ2n) is 6.21. The first-order valence-corrected chi connectivity index (χ1v) is 8.44. The lowest BCUT2D eigenvalue weighted by molar-refractivity contribution is -0.0300. The summed E-state index contributed by atoms with van der Waals surface area (Å²) in [7, 11) is 1.68. The van der Waals surface area contributed by atoms with Gasteiger partial charge in [-0.2, -0.15) is 0 Å². The monoisotopic (exact) mass is 327 g/mol. The van der Waals surface area contributed by atoms with E-state index in [1.54, 1.807) is 7.11 Å². The highest BCUT2D eigenvalue weighted by Crippen LogP contribution is 2.24. The van der Waals surface area contributed by atoms with Crippen molar-refractivity contribution in [1.29, 1.82) is 0 Å². The summed E-state index contributed by atoms with van der Waals surface area (Å²) >= 11 is 0. The van der Waals surface area contributed by atoms with E-state index >= 15 is 0 Å². The summed E-state index contributed by atoms with van der Waals surface area (Å²) in [6.45, 7) is 3.16. The lowest BCUT2D eigenvalue weighted by Crippen LogP contribution is -2.45. The third kappa shape index (κ3) is 4.35. The summed E-state index contributed by atoms with van der Waals surface area (Å²) in [5.74, 6) is 0.872. The van der Waals surface area contributed by atoms with Crippen molar-refractivity contribution in [3.8, 4) is 5.75 Å². The molecule has 3 rings (SSSR count). The van der Waals surface area contributed by atoms with Crippen molar-refractivity contribution < 1.29 is 14.6 Å². The molecule has 1 saturated heterocycles. The molecule has 0 bridgehead atoms. The number of rotatable bonds is 6. The van der Waals surface area contributed by atoms with Crippen LogP contribution in [0.3, 0.4) is 0 Å². The van der Waals surface area contributed by atoms with Crippen molar-refractivity contribution in [3.63, 3.8) is 0 Å². The predicted octanol–water partition coefficient (Wildman–Crippen LogP) is 3.02. The molecule has 1 fully saturated rings. The van der Waals surface area contributed by atoms with Crippen LogP contribution in [0.25, 0.3) is 0 Å². The Morgan fingerprint density at radius 2 is 1.92 bits per heavy atom. The Morgan fingerprint density at radius 3 is 2.62 bits per heavy atom. The van der Waals surface area contributed by atoms with E-state index < -0.39 is 6.10 Å². The van der Waals surface area contributed by atoms with E-state index in [1.807, 2.05) is 42.5 Å². The van der Waals surface area contributed by atoms with E-state index in [4.69, 9.17) is 9.47 Å². The summed E-state index contributed by atoms with van der Waals surface area (Å²) in [6, 6.07) is 18.2. The van der Waals surface area contributed by atoms with Crippen molar-refractivity contribution in [2.45, 2.75) is 25.1 Å². The van der Waals surface area contributed by atoms with Crippen LogP contribution in [-0.4, -0.2) is 42.9 Å². The molecule has 0 spiro atoms. The lowest BCUT2D eigenvalue weighted by atomic mass is 10.00. The van der Waals surface area contributed by atoms with Gasteiger partial charge in [0.2, 0.25) is 0 Å². The Kier molecular flexibility index (Phi) is 5.86. The van der Waals surface area contributed by atoms with Gasteiger partial charge < -0.3 is 14.6 Å².